The smallest absolute Gasteiger partial charge is 0.248 e. The van der Waals surface area contributed by atoms with Crippen LogP contribution in [0.2, 0.25) is 0 Å². The molecule has 2 N–H and O–H groups in total. The van der Waals surface area contributed by atoms with Crippen molar-refractivity contribution < 1.29 is 23.8 Å². The zero-order valence-corrected chi connectivity index (χ0v) is 17.3. The lowest BCUT2D eigenvalue weighted by atomic mass is 10.1. The Bertz CT molecular complexity index is 896. The van der Waals surface area contributed by atoms with Gasteiger partial charge in [-0.3, -0.25) is 9.59 Å². The highest BCUT2D eigenvalue weighted by molar-refractivity contribution is 6.03. The molecule has 154 valence electrons. The molecule has 0 aliphatic carbocycles. The molecule has 0 aliphatic rings. The van der Waals surface area contributed by atoms with E-state index in [-0.39, 0.29) is 11.8 Å². The van der Waals surface area contributed by atoms with Crippen molar-refractivity contribution in [1.29, 1.82) is 0 Å². The molecule has 2 aromatic rings. The SMILES string of the molecule is CCC(=O)Nc1cccc(NC(=O)C=Cc2cc(OC)c(OC)c(OC)c2)c1C. The van der Waals surface area contributed by atoms with Gasteiger partial charge in [0.05, 0.1) is 21.3 Å². The number of benzene rings is 2. The number of ether oxygens (including phenoxy) is 3. The summed E-state index contributed by atoms with van der Waals surface area (Å²) in [6.07, 6.45) is 3.45. The van der Waals surface area contributed by atoms with Crippen LogP contribution in [-0.2, 0) is 9.59 Å². The number of amides is 2. The fourth-order valence-electron chi connectivity index (χ4n) is 2.69. The topological polar surface area (TPSA) is 85.9 Å². The zero-order chi connectivity index (χ0) is 21.4. The van der Waals surface area contributed by atoms with Crippen LogP contribution in [0.3, 0.4) is 0 Å². The van der Waals surface area contributed by atoms with Crippen LogP contribution >= 0.6 is 0 Å². The minimum Gasteiger partial charge on any atom is -0.493 e. The maximum absolute atomic E-state index is 12.4. The van der Waals surface area contributed by atoms with E-state index in [1.807, 2.05) is 6.92 Å². The van der Waals surface area contributed by atoms with Crippen LogP contribution in [0.25, 0.3) is 6.08 Å². The average molecular weight is 398 g/mol. The fraction of sp³-hybridized carbons (Fsp3) is 0.273. The van der Waals surface area contributed by atoms with Crippen molar-refractivity contribution >= 4 is 29.3 Å². The van der Waals surface area contributed by atoms with Gasteiger partial charge in [0.25, 0.3) is 0 Å². The number of methoxy groups -OCH3 is 3. The quantitative estimate of drug-likeness (QED) is 0.656. The highest BCUT2D eigenvalue weighted by atomic mass is 16.5. The zero-order valence-electron chi connectivity index (χ0n) is 17.3. The van der Waals surface area contributed by atoms with Crippen LogP contribution in [0.1, 0.15) is 24.5 Å². The lowest BCUT2D eigenvalue weighted by Gasteiger charge is -2.13. The maximum Gasteiger partial charge on any atom is 0.248 e. The monoisotopic (exact) mass is 398 g/mol. The summed E-state index contributed by atoms with van der Waals surface area (Å²) in [7, 11) is 4.60. The molecule has 0 spiro atoms. The van der Waals surface area contributed by atoms with Crippen molar-refractivity contribution in [2.45, 2.75) is 20.3 Å². The summed E-state index contributed by atoms with van der Waals surface area (Å²) in [6.45, 7) is 3.62. The van der Waals surface area contributed by atoms with Gasteiger partial charge in [-0.2, -0.15) is 0 Å². The summed E-state index contributed by atoms with van der Waals surface area (Å²) in [5, 5.41) is 5.65. The molecule has 0 unspecified atom stereocenters. The van der Waals surface area contributed by atoms with E-state index in [2.05, 4.69) is 10.6 Å². The van der Waals surface area contributed by atoms with Gasteiger partial charge in [-0.1, -0.05) is 13.0 Å². The second-order valence-corrected chi connectivity index (χ2v) is 6.16. The first-order valence-corrected chi connectivity index (χ1v) is 9.12. The molecule has 0 heterocycles. The van der Waals surface area contributed by atoms with Gasteiger partial charge in [-0.25, -0.2) is 0 Å². The molecule has 0 saturated carbocycles. The Morgan fingerprint density at radius 2 is 1.55 bits per heavy atom. The van der Waals surface area contributed by atoms with Gasteiger partial charge in [0.1, 0.15) is 0 Å². The number of carbonyl (C=O) groups excluding carboxylic acids is 2. The van der Waals surface area contributed by atoms with Crippen LogP contribution in [0, 0.1) is 6.92 Å². The Morgan fingerprint density at radius 1 is 0.966 bits per heavy atom. The Labute approximate surface area is 170 Å². The minimum absolute atomic E-state index is 0.0844. The predicted octanol–water partition coefficient (Wildman–Crippen LogP) is 4.02. The van der Waals surface area contributed by atoms with Crippen LogP contribution in [-0.4, -0.2) is 33.1 Å². The number of carbonyl (C=O) groups is 2. The van der Waals surface area contributed by atoms with E-state index < -0.39 is 0 Å². The number of hydrogen-bond acceptors (Lipinski definition) is 5. The summed E-state index contributed by atoms with van der Waals surface area (Å²) in [5.74, 6) is 1.10. The third-order valence-electron chi connectivity index (χ3n) is 4.30. The number of hydrogen-bond donors (Lipinski definition) is 2. The Morgan fingerprint density at radius 3 is 2.07 bits per heavy atom. The highest BCUT2D eigenvalue weighted by Gasteiger charge is 2.12. The van der Waals surface area contributed by atoms with Crippen molar-refractivity contribution in [2.75, 3.05) is 32.0 Å². The third-order valence-corrected chi connectivity index (χ3v) is 4.30. The molecule has 2 amide bonds. The van der Waals surface area contributed by atoms with Gasteiger partial charge in [-0.15, -0.1) is 0 Å². The molecular weight excluding hydrogens is 372 g/mol. The van der Waals surface area contributed by atoms with Gasteiger partial charge in [0, 0.05) is 23.9 Å². The van der Waals surface area contributed by atoms with Crippen LogP contribution in [0.4, 0.5) is 11.4 Å². The van der Waals surface area contributed by atoms with Gasteiger partial charge >= 0.3 is 0 Å². The summed E-state index contributed by atoms with van der Waals surface area (Å²) < 4.78 is 15.9. The summed E-state index contributed by atoms with van der Waals surface area (Å²) >= 11 is 0. The van der Waals surface area contributed by atoms with E-state index in [9.17, 15) is 9.59 Å². The van der Waals surface area contributed by atoms with E-state index in [0.717, 1.165) is 11.1 Å². The second-order valence-electron chi connectivity index (χ2n) is 6.16. The number of nitrogens with one attached hydrogen (secondary N) is 2. The lowest BCUT2D eigenvalue weighted by molar-refractivity contribution is -0.116. The van der Waals surface area contributed by atoms with E-state index in [1.165, 1.54) is 27.4 Å². The van der Waals surface area contributed by atoms with Crippen LogP contribution < -0.4 is 24.8 Å². The van der Waals surface area contributed by atoms with Crippen molar-refractivity contribution in [1.82, 2.24) is 0 Å². The number of anilines is 2. The molecule has 0 bridgehead atoms. The molecule has 0 radical (unpaired) electrons. The molecule has 0 fully saturated rings. The molecule has 0 atom stereocenters. The average Bonchev–Trinajstić information content (AvgIpc) is 2.73. The van der Waals surface area contributed by atoms with Crippen molar-refractivity contribution in [3.63, 3.8) is 0 Å². The van der Waals surface area contributed by atoms with E-state index >= 15 is 0 Å². The van der Waals surface area contributed by atoms with Gasteiger partial charge < -0.3 is 24.8 Å². The normalized spacial score (nSPS) is 10.5. The largest absolute Gasteiger partial charge is 0.493 e. The van der Waals surface area contributed by atoms with Crippen molar-refractivity contribution in [3.05, 3.63) is 47.5 Å². The summed E-state index contributed by atoms with van der Waals surface area (Å²) in [6, 6.07) is 8.85. The lowest BCUT2D eigenvalue weighted by Crippen LogP contribution is -2.13. The van der Waals surface area contributed by atoms with E-state index in [1.54, 1.807) is 43.3 Å². The molecular formula is C22H26N2O5. The molecule has 29 heavy (non-hydrogen) atoms. The van der Waals surface area contributed by atoms with Crippen LogP contribution in [0.15, 0.2) is 36.4 Å². The molecule has 7 nitrogen and oxygen atoms in total. The molecule has 0 saturated heterocycles. The van der Waals surface area contributed by atoms with Crippen molar-refractivity contribution in [2.24, 2.45) is 0 Å². The molecule has 2 rings (SSSR count). The molecule has 7 heteroatoms. The van der Waals surface area contributed by atoms with Crippen LogP contribution in [0.5, 0.6) is 17.2 Å². The Balaban J connectivity index is 2.18. The Kier molecular flexibility index (Phi) is 7.65. The molecule has 2 aromatic carbocycles. The predicted molar refractivity (Wildman–Crippen MR) is 114 cm³/mol. The van der Waals surface area contributed by atoms with Gasteiger partial charge in [0.15, 0.2) is 11.5 Å². The molecule has 0 aromatic heterocycles. The minimum atomic E-state index is -0.305. The fourth-order valence-corrected chi connectivity index (χ4v) is 2.69. The molecule has 0 aliphatic heterocycles. The van der Waals surface area contributed by atoms with Gasteiger partial charge in [0.2, 0.25) is 17.6 Å². The highest BCUT2D eigenvalue weighted by Crippen LogP contribution is 2.38. The first kappa shape index (κ1) is 21.8. The van der Waals surface area contributed by atoms with E-state index in [4.69, 9.17) is 14.2 Å². The van der Waals surface area contributed by atoms with Gasteiger partial charge in [-0.05, 0) is 48.4 Å². The second kappa shape index (κ2) is 10.2. The first-order valence-electron chi connectivity index (χ1n) is 9.12. The standard InChI is InChI=1S/C22H26N2O5/c1-6-20(25)23-16-8-7-9-17(14(16)2)24-21(26)11-10-15-12-18(27-3)22(29-5)19(13-15)28-4/h7-13H,6H2,1-5H3,(H,23,25)(H,24,26). The third kappa shape index (κ3) is 5.51. The first-order chi connectivity index (χ1) is 13.9. The maximum atomic E-state index is 12.4. The van der Waals surface area contributed by atoms with Crippen molar-refractivity contribution in [3.8, 4) is 17.2 Å². The van der Waals surface area contributed by atoms with E-state index in [0.29, 0.717) is 35.0 Å². The summed E-state index contributed by atoms with van der Waals surface area (Å²) in [5.41, 5.74) is 2.79. The number of rotatable bonds is 8. The Hall–Kier alpha value is -3.48. The summed E-state index contributed by atoms with van der Waals surface area (Å²) in [4.78, 5) is 24.0.